The lowest BCUT2D eigenvalue weighted by molar-refractivity contribution is -0.144. The molecule has 0 atom stereocenters. The van der Waals surface area contributed by atoms with Crippen LogP contribution >= 0.6 is 0 Å². The van der Waals surface area contributed by atoms with Crippen LogP contribution in [0.3, 0.4) is 0 Å². The van der Waals surface area contributed by atoms with E-state index in [1.165, 1.54) is 12.8 Å². The minimum Gasteiger partial charge on any atom is -0.465 e. The van der Waals surface area contributed by atoms with Crippen molar-refractivity contribution in [3.05, 3.63) is 0 Å². The molecule has 0 unspecified atom stereocenters. The zero-order chi connectivity index (χ0) is 8.10. The Morgan fingerprint density at radius 3 is 2.64 bits per heavy atom. The highest BCUT2D eigenvalue weighted by atomic mass is 16.5. The highest BCUT2D eigenvalue weighted by Gasteiger charge is 2.14. The summed E-state index contributed by atoms with van der Waals surface area (Å²) >= 11 is 0. The van der Waals surface area contributed by atoms with Crippen molar-refractivity contribution in [1.29, 1.82) is 0 Å². The van der Waals surface area contributed by atoms with Crippen molar-refractivity contribution in [1.82, 2.24) is 4.90 Å². The van der Waals surface area contributed by atoms with Crippen LogP contribution in [0.2, 0.25) is 0 Å². The highest BCUT2D eigenvalue weighted by Crippen LogP contribution is 2.06. The fourth-order valence-electron chi connectivity index (χ4n) is 1.33. The van der Waals surface area contributed by atoms with Crippen LogP contribution in [0.4, 0.5) is 0 Å². The zero-order valence-corrected chi connectivity index (χ0v) is 7.01. The van der Waals surface area contributed by atoms with Crippen LogP contribution in [0, 0.1) is 0 Å². The summed E-state index contributed by atoms with van der Waals surface area (Å²) in [5.74, 6) is -0.0885. The minimum absolute atomic E-state index is 0.0885. The van der Waals surface area contributed by atoms with Gasteiger partial charge >= 0.3 is 5.97 Å². The number of ether oxygens (including phenoxy) is 1. The monoisotopic (exact) mass is 157 g/mol. The first-order valence-electron chi connectivity index (χ1n) is 4.21. The van der Waals surface area contributed by atoms with Gasteiger partial charge in [0.2, 0.25) is 0 Å². The fraction of sp³-hybridized carbons (Fsp3) is 0.875. The maximum Gasteiger partial charge on any atom is 0.320 e. The number of esters is 1. The molecular weight excluding hydrogens is 142 g/mol. The standard InChI is InChI=1S/C8H15NO2/c1-2-11-8(10)7-9-5-3-4-6-9/h2-7H2,1H3. The maximum atomic E-state index is 10.9. The second kappa shape index (κ2) is 4.34. The fourth-order valence-corrected chi connectivity index (χ4v) is 1.33. The predicted octanol–water partition coefficient (Wildman–Crippen LogP) is 0.645. The van der Waals surface area contributed by atoms with E-state index in [0.29, 0.717) is 13.2 Å². The molecule has 1 saturated heterocycles. The van der Waals surface area contributed by atoms with E-state index in [1.807, 2.05) is 6.92 Å². The summed E-state index contributed by atoms with van der Waals surface area (Å²) in [5.41, 5.74) is 0. The Kier molecular flexibility index (Phi) is 3.36. The Balaban J connectivity index is 2.13. The second-order valence-corrected chi connectivity index (χ2v) is 2.79. The molecule has 0 radical (unpaired) electrons. The average Bonchev–Trinajstić information content (AvgIpc) is 2.40. The lowest BCUT2D eigenvalue weighted by Crippen LogP contribution is -2.28. The molecule has 64 valence electrons. The third-order valence-corrected chi connectivity index (χ3v) is 1.86. The van der Waals surface area contributed by atoms with Gasteiger partial charge in [-0.15, -0.1) is 0 Å². The smallest absolute Gasteiger partial charge is 0.320 e. The maximum absolute atomic E-state index is 10.9. The molecule has 1 rings (SSSR count). The van der Waals surface area contributed by atoms with E-state index in [2.05, 4.69) is 4.90 Å². The van der Waals surface area contributed by atoms with Crippen molar-refractivity contribution < 1.29 is 9.53 Å². The number of carbonyl (C=O) groups is 1. The molecule has 0 amide bonds. The molecule has 0 aromatic rings. The molecule has 0 aromatic heterocycles. The van der Waals surface area contributed by atoms with Crippen molar-refractivity contribution in [2.24, 2.45) is 0 Å². The normalized spacial score (nSPS) is 18.6. The molecule has 11 heavy (non-hydrogen) atoms. The third-order valence-electron chi connectivity index (χ3n) is 1.86. The molecule has 0 spiro atoms. The molecule has 1 fully saturated rings. The zero-order valence-electron chi connectivity index (χ0n) is 7.01. The number of likely N-dealkylation sites (tertiary alicyclic amines) is 1. The van der Waals surface area contributed by atoms with E-state index in [1.54, 1.807) is 0 Å². The molecule has 0 saturated carbocycles. The highest BCUT2D eigenvalue weighted by molar-refractivity contribution is 5.71. The van der Waals surface area contributed by atoms with Gasteiger partial charge in [-0.05, 0) is 32.9 Å². The summed E-state index contributed by atoms with van der Waals surface area (Å²) in [4.78, 5) is 13.1. The number of carbonyl (C=O) groups excluding carboxylic acids is 1. The molecule has 0 bridgehead atoms. The molecule has 1 aliphatic rings. The average molecular weight is 157 g/mol. The molecular formula is C8H15NO2. The van der Waals surface area contributed by atoms with Crippen molar-refractivity contribution in [2.75, 3.05) is 26.2 Å². The van der Waals surface area contributed by atoms with Crippen LogP contribution in [0.25, 0.3) is 0 Å². The van der Waals surface area contributed by atoms with E-state index >= 15 is 0 Å². The Bertz CT molecular complexity index is 130. The van der Waals surface area contributed by atoms with Gasteiger partial charge in [-0.3, -0.25) is 9.69 Å². The molecule has 0 aliphatic carbocycles. The number of hydrogen-bond donors (Lipinski definition) is 0. The van der Waals surface area contributed by atoms with Crippen LogP contribution in [0.1, 0.15) is 19.8 Å². The second-order valence-electron chi connectivity index (χ2n) is 2.79. The van der Waals surface area contributed by atoms with E-state index in [0.717, 1.165) is 13.1 Å². The Hall–Kier alpha value is -0.570. The third kappa shape index (κ3) is 2.89. The van der Waals surface area contributed by atoms with Crippen LogP contribution in [0.15, 0.2) is 0 Å². The molecule has 3 heteroatoms. The lowest BCUT2D eigenvalue weighted by Gasteiger charge is -2.12. The summed E-state index contributed by atoms with van der Waals surface area (Å²) in [6.07, 6.45) is 2.44. The van der Waals surface area contributed by atoms with Gasteiger partial charge in [0.25, 0.3) is 0 Å². The van der Waals surface area contributed by atoms with Gasteiger partial charge in [-0.2, -0.15) is 0 Å². The van der Waals surface area contributed by atoms with E-state index in [-0.39, 0.29) is 5.97 Å². The quantitative estimate of drug-likeness (QED) is 0.563. The van der Waals surface area contributed by atoms with Crippen LogP contribution in [-0.2, 0) is 9.53 Å². The van der Waals surface area contributed by atoms with Gasteiger partial charge in [-0.25, -0.2) is 0 Å². The number of hydrogen-bond acceptors (Lipinski definition) is 3. The molecule has 1 heterocycles. The summed E-state index contributed by atoms with van der Waals surface area (Å²) in [6, 6.07) is 0. The van der Waals surface area contributed by atoms with Crippen LogP contribution in [-0.4, -0.2) is 37.1 Å². The number of rotatable bonds is 3. The summed E-state index contributed by atoms with van der Waals surface area (Å²) in [7, 11) is 0. The minimum atomic E-state index is -0.0885. The Morgan fingerprint density at radius 1 is 1.45 bits per heavy atom. The summed E-state index contributed by atoms with van der Waals surface area (Å²) < 4.78 is 4.82. The first-order chi connectivity index (χ1) is 5.33. The van der Waals surface area contributed by atoms with Gasteiger partial charge < -0.3 is 4.74 Å². The van der Waals surface area contributed by atoms with E-state index in [4.69, 9.17) is 4.74 Å². The van der Waals surface area contributed by atoms with Crippen LogP contribution < -0.4 is 0 Å². The van der Waals surface area contributed by atoms with Crippen molar-refractivity contribution in [3.63, 3.8) is 0 Å². The van der Waals surface area contributed by atoms with Crippen molar-refractivity contribution >= 4 is 5.97 Å². The number of nitrogens with zero attached hydrogens (tertiary/aromatic N) is 1. The molecule has 3 nitrogen and oxygen atoms in total. The SMILES string of the molecule is CCOC(=O)CN1CCCC1. The predicted molar refractivity (Wildman–Crippen MR) is 42.3 cm³/mol. The van der Waals surface area contributed by atoms with E-state index in [9.17, 15) is 4.79 Å². The lowest BCUT2D eigenvalue weighted by atomic mass is 10.4. The molecule has 0 N–H and O–H groups in total. The van der Waals surface area contributed by atoms with Crippen molar-refractivity contribution in [2.45, 2.75) is 19.8 Å². The first kappa shape index (κ1) is 8.53. The van der Waals surface area contributed by atoms with Gasteiger partial charge in [0.05, 0.1) is 13.2 Å². The van der Waals surface area contributed by atoms with Gasteiger partial charge in [0.15, 0.2) is 0 Å². The van der Waals surface area contributed by atoms with Gasteiger partial charge in [-0.1, -0.05) is 0 Å². The van der Waals surface area contributed by atoms with Gasteiger partial charge in [0.1, 0.15) is 0 Å². The largest absolute Gasteiger partial charge is 0.465 e. The summed E-state index contributed by atoms with van der Waals surface area (Å²) in [5, 5.41) is 0. The van der Waals surface area contributed by atoms with Crippen LogP contribution in [0.5, 0.6) is 0 Å². The van der Waals surface area contributed by atoms with Crippen molar-refractivity contribution in [3.8, 4) is 0 Å². The topological polar surface area (TPSA) is 29.5 Å². The molecule has 1 aliphatic heterocycles. The van der Waals surface area contributed by atoms with E-state index < -0.39 is 0 Å². The van der Waals surface area contributed by atoms with Gasteiger partial charge in [0, 0.05) is 0 Å². The Labute approximate surface area is 67.3 Å². The Morgan fingerprint density at radius 2 is 2.09 bits per heavy atom. The molecule has 0 aromatic carbocycles. The summed E-state index contributed by atoms with van der Waals surface area (Å²) in [6.45, 7) is 4.92. The first-order valence-corrected chi connectivity index (χ1v) is 4.21.